The van der Waals surface area contributed by atoms with Crippen molar-refractivity contribution in [3.05, 3.63) is 52.4 Å². The van der Waals surface area contributed by atoms with Gasteiger partial charge in [0.15, 0.2) is 0 Å². The van der Waals surface area contributed by atoms with Crippen LogP contribution < -0.4 is 0 Å². The predicted molar refractivity (Wildman–Crippen MR) is 120 cm³/mol. The van der Waals surface area contributed by atoms with Crippen LogP contribution in [0, 0.1) is 20.8 Å². The topological polar surface area (TPSA) is 46.3 Å². The number of thioether (sulfide) groups is 1. The molecule has 1 aromatic carbocycles. The van der Waals surface area contributed by atoms with Gasteiger partial charge in [-0.25, -0.2) is 0 Å². The zero-order valence-corrected chi connectivity index (χ0v) is 19.2. The van der Waals surface area contributed by atoms with Gasteiger partial charge in [-0.15, -0.1) is 11.8 Å². The molecule has 1 aliphatic rings. The van der Waals surface area contributed by atoms with E-state index in [-0.39, 0.29) is 5.91 Å². The Balaban J connectivity index is 1.62. The molecule has 1 fully saturated rings. The number of hydrogen-bond donors (Lipinski definition) is 0. The van der Waals surface area contributed by atoms with Gasteiger partial charge in [0.1, 0.15) is 5.76 Å². The normalized spacial score (nSPS) is 20.2. The zero-order valence-electron chi connectivity index (χ0n) is 18.4. The van der Waals surface area contributed by atoms with Crippen molar-refractivity contribution in [3.63, 3.8) is 0 Å². The number of likely N-dealkylation sites (tertiary alicyclic amines) is 1. The molecule has 0 spiro atoms. The molecule has 0 bridgehead atoms. The van der Waals surface area contributed by atoms with E-state index in [4.69, 9.17) is 4.52 Å². The van der Waals surface area contributed by atoms with Gasteiger partial charge in [0.25, 0.3) is 0 Å². The second-order valence-corrected chi connectivity index (χ2v) is 9.36. The van der Waals surface area contributed by atoms with Gasteiger partial charge in [-0.2, -0.15) is 0 Å². The molecule has 2 aromatic rings. The molecule has 4 nitrogen and oxygen atoms in total. The van der Waals surface area contributed by atoms with Crippen molar-refractivity contribution in [2.24, 2.45) is 0 Å². The Morgan fingerprint density at radius 2 is 2.03 bits per heavy atom. The van der Waals surface area contributed by atoms with E-state index in [1.807, 2.05) is 13.8 Å². The number of rotatable bonds is 8. The third kappa shape index (κ3) is 5.06. The summed E-state index contributed by atoms with van der Waals surface area (Å²) in [6, 6.07) is 9.38. The van der Waals surface area contributed by atoms with Crippen LogP contribution >= 0.6 is 11.8 Å². The largest absolute Gasteiger partial charge is 0.361 e. The molecular formula is C24H34N2O2S. The van der Waals surface area contributed by atoms with Gasteiger partial charge in [-0.1, -0.05) is 36.3 Å². The van der Waals surface area contributed by atoms with E-state index in [1.54, 1.807) is 11.8 Å². The van der Waals surface area contributed by atoms with Gasteiger partial charge in [0, 0.05) is 23.4 Å². The van der Waals surface area contributed by atoms with E-state index in [1.165, 1.54) is 11.1 Å². The predicted octanol–water partition coefficient (Wildman–Crippen LogP) is 5.80. The Kier molecular flexibility index (Phi) is 7.44. The van der Waals surface area contributed by atoms with Crippen molar-refractivity contribution in [1.29, 1.82) is 0 Å². The molecule has 0 N–H and O–H groups in total. The summed E-state index contributed by atoms with van der Waals surface area (Å²) >= 11 is 1.67. The number of nitrogens with zero attached hydrogens (tertiary/aromatic N) is 2. The van der Waals surface area contributed by atoms with Crippen LogP contribution in [0.4, 0.5) is 0 Å². The first-order chi connectivity index (χ1) is 13.9. The van der Waals surface area contributed by atoms with Crippen LogP contribution in [-0.4, -0.2) is 33.8 Å². The Morgan fingerprint density at radius 1 is 1.28 bits per heavy atom. The molecule has 3 unspecified atom stereocenters. The Morgan fingerprint density at radius 3 is 2.69 bits per heavy atom. The molecule has 2 heterocycles. The number of amides is 1. The maximum atomic E-state index is 13.1. The van der Waals surface area contributed by atoms with E-state index in [0.29, 0.717) is 23.8 Å². The minimum Gasteiger partial charge on any atom is -0.361 e. The van der Waals surface area contributed by atoms with E-state index in [0.717, 1.165) is 48.5 Å². The van der Waals surface area contributed by atoms with Crippen LogP contribution in [0.3, 0.4) is 0 Å². The average Bonchev–Trinajstić information content (AvgIpc) is 3.22. The van der Waals surface area contributed by atoms with Crippen LogP contribution in [-0.2, 0) is 10.5 Å². The van der Waals surface area contributed by atoms with Crippen LogP contribution in [0.15, 0.2) is 28.8 Å². The molecule has 0 aliphatic carbocycles. The number of carbonyl (C=O) groups is 1. The molecule has 158 valence electrons. The molecule has 29 heavy (non-hydrogen) atoms. The number of benzene rings is 1. The lowest BCUT2D eigenvalue weighted by Gasteiger charge is -2.31. The van der Waals surface area contributed by atoms with E-state index in [9.17, 15) is 4.79 Å². The second kappa shape index (κ2) is 9.84. The highest BCUT2D eigenvalue weighted by molar-refractivity contribution is 7.99. The quantitative estimate of drug-likeness (QED) is 0.548. The molecule has 0 radical (unpaired) electrons. The van der Waals surface area contributed by atoms with Crippen LogP contribution in [0.25, 0.3) is 0 Å². The van der Waals surface area contributed by atoms with E-state index >= 15 is 0 Å². The first-order valence-corrected chi connectivity index (χ1v) is 11.9. The summed E-state index contributed by atoms with van der Waals surface area (Å²) < 4.78 is 5.24. The highest BCUT2D eigenvalue weighted by Crippen LogP contribution is 2.35. The monoisotopic (exact) mass is 414 g/mol. The molecule has 0 saturated carbocycles. The molecule has 3 atom stereocenters. The smallest absolute Gasteiger partial charge is 0.233 e. The Labute approximate surface area is 179 Å². The Hall–Kier alpha value is -1.75. The minimum atomic E-state index is 0.274. The maximum absolute atomic E-state index is 13.1. The number of aromatic nitrogens is 1. The maximum Gasteiger partial charge on any atom is 0.233 e. The SMILES string of the molecule is CCC(CC1CCC(C)N1C(=O)CSCc1c(C)noc1C)c1ccccc1C. The first-order valence-electron chi connectivity index (χ1n) is 10.8. The van der Waals surface area contributed by atoms with Crippen LogP contribution in [0.2, 0.25) is 0 Å². The van der Waals surface area contributed by atoms with Crippen LogP contribution in [0.5, 0.6) is 0 Å². The van der Waals surface area contributed by atoms with Crippen molar-refractivity contribution < 1.29 is 9.32 Å². The molecule has 1 aliphatic heterocycles. The van der Waals surface area contributed by atoms with Gasteiger partial charge < -0.3 is 9.42 Å². The summed E-state index contributed by atoms with van der Waals surface area (Å²) in [6.45, 7) is 10.6. The number of carbonyl (C=O) groups excluding carboxylic acids is 1. The zero-order chi connectivity index (χ0) is 21.0. The lowest BCUT2D eigenvalue weighted by Crippen LogP contribution is -2.41. The summed E-state index contributed by atoms with van der Waals surface area (Å²) in [6.07, 6.45) is 4.39. The van der Waals surface area contributed by atoms with Gasteiger partial charge in [0.05, 0.1) is 11.4 Å². The van der Waals surface area contributed by atoms with Gasteiger partial charge >= 0.3 is 0 Å². The van der Waals surface area contributed by atoms with Crippen molar-refractivity contribution in [3.8, 4) is 0 Å². The molecule has 3 rings (SSSR count). The summed E-state index contributed by atoms with van der Waals surface area (Å²) in [5.74, 6) is 2.94. The lowest BCUT2D eigenvalue weighted by molar-refractivity contribution is -0.131. The molecule has 1 saturated heterocycles. The molecule has 1 aromatic heterocycles. The average molecular weight is 415 g/mol. The fourth-order valence-corrected chi connectivity index (χ4v) is 5.70. The lowest BCUT2D eigenvalue weighted by atomic mass is 9.86. The van der Waals surface area contributed by atoms with Crippen molar-refractivity contribution in [2.75, 3.05) is 5.75 Å². The Bertz CT molecular complexity index is 813. The third-order valence-electron chi connectivity index (χ3n) is 6.40. The summed E-state index contributed by atoms with van der Waals surface area (Å²) in [5, 5.41) is 4.01. The number of hydrogen-bond acceptors (Lipinski definition) is 4. The van der Waals surface area contributed by atoms with Crippen molar-refractivity contribution in [2.45, 2.75) is 84.1 Å². The first kappa shape index (κ1) is 21.9. The van der Waals surface area contributed by atoms with E-state index < -0.39 is 0 Å². The fourth-order valence-electron chi connectivity index (χ4n) is 4.66. The third-order valence-corrected chi connectivity index (χ3v) is 7.35. The molecule has 1 amide bonds. The van der Waals surface area contributed by atoms with Crippen molar-refractivity contribution >= 4 is 17.7 Å². The van der Waals surface area contributed by atoms with Gasteiger partial charge in [-0.05, 0) is 70.4 Å². The molecular weight excluding hydrogens is 380 g/mol. The van der Waals surface area contributed by atoms with Crippen molar-refractivity contribution in [1.82, 2.24) is 10.1 Å². The van der Waals surface area contributed by atoms with Crippen LogP contribution in [0.1, 0.15) is 73.6 Å². The second-order valence-electron chi connectivity index (χ2n) is 8.37. The summed E-state index contributed by atoms with van der Waals surface area (Å²) in [7, 11) is 0. The highest BCUT2D eigenvalue weighted by atomic mass is 32.2. The fraction of sp³-hybridized carbons (Fsp3) is 0.583. The molecule has 5 heteroatoms. The summed E-state index contributed by atoms with van der Waals surface area (Å²) in [5.41, 5.74) is 4.85. The standard InChI is InChI=1S/C24H34N2O2S/c1-6-20(22-10-8-7-9-16(22)2)13-21-12-11-17(3)26(21)24(27)15-29-14-23-18(4)25-28-19(23)5/h7-10,17,20-21H,6,11-15H2,1-5H3. The van der Waals surface area contributed by atoms with Gasteiger partial charge in [-0.3, -0.25) is 4.79 Å². The highest BCUT2D eigenvalue weighted by Gasteiger charge is 2.35. The minimum absolute atomic E-state index is 0.274. The van der Waals surface area contributed by atoms with E-state index in [2.05, 4.69) is 55.1 Å². The summed E-state index contributed by atoms with van der Waals surface area (Å²) in [4.78, 5) is 15.3. The number of aryl methyl sites for hydroxylation is 3. The van der Waals surface area contributed by atoms with Gasteiger partial charge in [0.2, 0.25) is 5.91 Å².